The third-order valence-corrected chi connectivity index (χ3v) is 3.07. The lowest BCUT2D eigenvalue weighted by Crippen LogP contribution is -2.16. The number of fused-ring (bicyclic) bond motifs is 1. The monoisotopic (exact) mass is 245 g/mol. The van der Waals surface area contributed by atoms with Gasteiger partial charge in [0.1, 0.15) is 5.82 Å². The fourth-order valence-electron chi connectivity index (χ4n) is 2.19. The minimum Gasteiger partial charge on any atom is -0.323 e. The summed E-state index contributed by atoms with van der Waals surface area (Å²) in [6.45, 7) is 0. The summed E-state index contributed by atoms with van der Waals surface area (Å²) in [5.74, 6) is -0.0774. The molecule has 2 N–H and O–H groups in total. The van der Waals surface area contributed by atoms with Gasteiger partial charge in [-0.25, -0.2) is 9.37 Å². The van der Waals surface area contributed by atoms with Crippen LogP contribution in [0.3, 0.4) is 0 Å². The van der Waals surface area contributed by atoms with Crippen molar-refractivity contribution in [1.82, 2.24) is 9.97 Å². The molecule has 1 heterocycles. The zero-order chi connectivity index (χ0) is 12.5. The number of aryl methyl sites for hydroxylation is 1. The molecule has 5 heteroatoms. The Kier molecular flexibility index (Phi) is 2.59. The standard InChI is InChI=1S/C13H12FN3O/c14-9-5-1-2-6-11(9)16-13-15-10-7-3-4-8(10)12(18)17-13/h1-2,5-6H,3-4,7H2,(H2,15,16,17,18). The summed E-state index contributed by atoms with van der Waals surface area (Å²) in [4.78, 5) is 18.7. The van der Waals surface area contributed by atoms with Gasteiger partial charge in [0.25, 0.3) is 5.56 Å². The smallest absolute Gasteiger partial charge is 0.255 e. The lowest BCUT2D eigenvalue weighted by molar-refractivity contribution is 0.631. The number of aromatic amines is 1. The summed E-state index contributed by atoms with van der Waals surface area (Å²) in [5.41, 5.74) is 1.75. The van der Waals surface area contributed by atoms with E-state index in [1.54, 1.807) is 18.2 Å². The van der Waals surface area contributed by atoms with Gasteiger partial charge < -0.3 is 5.32 Å². The van der Waals surface area contributed by atoms with E-state index in [1.807, 2.05) is 0 Å². The lowest BCUT2D eigenvalue weighted by atomic mass is 10.2. The summed E-state index contributed by atoms with van der Waals surface area (Å²) in [7, 11) is 0. The number of halogens is 1. The molecule has 2 aromatic rings. The molecule has 0 atom stereocenters. The zero-order valence-corrected chi connectivity index (χ0v) is 9.66. The normalized spacial score (nSPS) is 13.4. The Balaban J connectivity index is 1.97. The number of hydrogen-bond acceptors (Lipinski definition) is 3. The maximum absolute atomic E-state index is 13.5. The lowest BCUT2D eigenvalue weighted by Gasteiger charge is -2.07. The van der Waals surface area contributed by atoms with Crippen LogP contribution in [-0.2, 0) is 12.8 Å². The van der Waals surface area contributed by atoms with Crippen molar-refractivity contribution in [3.8, 4) is 0 Å². The molecule has 0 amide bonds. The molecule has 3 rings (SSSR count). The molecule has 0 saturated heterocycles. The summed E-state index contributed by atoms with van der Waals surface area (Å²) < 4.78 is 13.5. The molecule has 1 aliphatic rings. The summed E-state index contributed by atoms with van der Waals surface area (Å²) in [6, 6.07) is 6.28. The van der Waals surface area contributed by atoms with Gasteiger partial charge in [0.15, 0.2) is 0 Å². The number of rotatable bonds is 2. The van der Waals surface area contributed by atoms with Crippen molar-refractivity contribution < 1.29 is 4.39 Å². The van der Waals surface area contributed by atoms with E-state index < -0.39 is 0 Å². The number of anilines is 2. The first-order valence-electron chi connectivity index (χ1n) is 5.87. The molecule has 0 radical (unpaired) electrons. The van der Waals surface area contributed by atoms with Crippen LogP contribution in [0.4, 0.5) is 16.0 Å². The number of nitrogens with one attached hydrogen (secondary N) is 2. The predicted octanol–water partition coefficient (Wildman–Crippen LogP) is 2.14. The van der Waals surface area contributed by atoms with Crippen molar-refractivity contribution >= 4 is 11.6 Å². The zero-order valence-electron chi connectivity index (χ0n) is 9.66. The SMILES string of the molecule is O=c1[nH]c(Nc2ccccc2F)nc2c1CCC2. The Bertz CT molecular complexity index is 651. The Morgan fingerprint density at radius 2 is 2.11 bits per heavy atom. The first kappa shape index (κ1) is 11.0. The van der Waals surface area contributed by atoms with E-state index in [0.29, 0.717) is 11.6 Å². The molecule has 0 spiro atoms. The summed E-state index contributed by atoms with van der Waals surface area (Å²) in [6.07, 6.45) is 2.54. The average molecular weight is 245 g/mol. The van der Waals surface area contributed by atoms with Gasteiger partial charge in [0, 0.05) is 5.56 Å². The van der Waals surface area contributed by atoms with Gasteiger partial charge >= 0.3 is 0 Å². The second kappa shape index (κ2) is 4.25. The number of hydrogen-bond donors (Lipinski definition) is 2. The van der Waals surface area contributed by atoms with E-state index >= 15 is 0 Å². The van der Waals surface area contributed by atoms with Gasteiger partial charge in [-0.05, 0) is 31.4 Å². The largest absolute Gasteiger partial charge is 0.323 e. The molecule has 1 aromatic heterocycles. The molecule has 0 fully saturated rings. The molecule has 1 aromatic carbocycles. The molecule has 0 aliphatic heterocycles. The first-order valence-corrected chi connectivity index (χ1v) is 5.87. The highest BCUT2D eigenvalue weighted by Gasteiger charge is 2.17. The van der Waals surface area contributed by atoms with Crippen LogP contribution in [0.15, 0.2) is 29.1 Å². The topological polar surface area (TPSA) is 57.8 Å². The Morgan fingerprint density at radius 1 is 1.28 bits per heavy atom. The van der Waals surface area contributed by atoms with Gasteiger partial charge in [0.2, 0.25) is 5.95 Å². The van der Waals surface area contributed by atoms with Crippen LogP contribution in [0.5, 0.6) is 0 Å². The van der Waals surface area contributed by atoms with Crippen LogP contribution in [0.1, 0.15) is 17.7 Å². The molecule has 18 heavy (non-hydrogen) atoms. The second-order valence-electron chi connectivity index (χ2n) is 4.30. The average Bonchev–Trinajstić information content (AvgIpc) is 2.81. The van der Waals surface area contributed by atoms with Gasteiger partial charge in [-0.3, -0.25) is 9.78 Å². The van der Waals surface area contributed by atoms with Crippen molar-refractivity contribution in [3.63, 3.8) is 0 Å². The van der Waals surface area contributed by atoms with E-state index in [-0.39, 0.29) is 11.4 Å². The number of H-pyrrole nitrogens is 1. The van der Waals surface area contributed by atoms with E-state index in [0.717, 1.165) is 30.5 Å². The fraction of sp³-hybridized carbons (Fsp3) is 0.231. The van der Waals surface area contributed by atoms with Crippen molar-refractivity contribution in [1.29, 1.82) is 0 Å². The molecule has 1 aliphatic carbocycles. The van der Waals surface area contributed by atoms with Gasteiger partial charge in [-0.1, -0.05) is 12.1 Å². The minimum absolute atomic E-state index is 0.128. The second-order valence-corrected chi connectivity index (χ2v) is 4.30. The van der Waals surface area contributed by atoms with Crippen molar-refractivity contribution in [2.75, 3.05) is 5.32 Å². The van der Waals surface area contributed by atoms with Crippen LogP contribution >= 0.6 is 0 Å². The molecular weight excluding hydrogens is 233 g/mol. The van der Waals surface area contributed by atoms with Crippen LogP contribution < -0.4 is 10.9 Å². The molecule has 0 saturated carbocycles. The van der Waals surface area contributed by atoms with Crippen LogP contribution in [0.25, 0.3) is 0 Å². The molecule has 4 nitrogen and oxygen atoms in total. The van der Waals surface area contributed by atoms with Crippen LogP contribution in [0, 0.1) is 5.82 Å². The van der Waals surface area contributed by atoms with Gasteiger partial charge in [-0.2, -0.15) is 0 Å². The Labute approximate surface area is 103 Å². The highest BCUT2D eigenvalue weighted by molar-refractivity contribution is 5.54. The predicted molar refractivity (Wildman–Crippen MR) is 66.6 cm³/mol. The maximum Gasteiger partial charge on any atom is 0.255 e. The minimum atomic E-state index is -0.374. The molecular formula is C13H12FN3O. The Hall–Kier alpha value is -2.17. The van der Waals surface area contributed by atoms with Gasteiger partial charge in [0.05, 0.1) is 11.4 Å². The van der Waals surface area contributed by atoms with E-state index in [2.05, 4.69) is 15.3 Å². The van der Waals surface area contributed by atoms with Crippen molar-refractivity contribution in [2.24, 2.45) is 0 Å². The Morgan fingerprint density at radius 3 is 2.94 bits per heavy atom. The number of benzene rings is 1. The molecule has 92 valence electrons. The van der Waals surface area contributed by atoms with E-state index in [9.17, 15) is 9.18 Å². The number of para-hydroxylation sites is 1. The van der Waals surface area contributed by atoms with Crippen molar-refractivity contribution in [3.05, 3.63) is 51.7 Å². The molecule has 0 bridgehead atoms. The molecule has 0 unspecified atom stereocenters. The van der Waals surface area contributed by atoms with Gasteiger partial charge in [-0.15, -0.1) is 0 Å². The fourth-order valence-corrected chi connectivity index (χ4v) is 2.19. The highest BCUT2D eigenvalue weighted by Crippen LogP contribution is 2.20. The van der Waals surface area contributed by atoms with Crippen LogP contribution in [0.2, 0.25) is 0 Å². The quantitative estimate of drug-likeness (QED) is 0.852. The third-order valence-electron chi connectivity index (χ3n) is 3.07. The number of aromatic nitrogens is 2. The van der Waals surface area contributed by atoms with Crippen molar-refractivity contribution in [2.45, 2.75) is 19.3 Å². The number of nitrogens with zero attached hydrogens (tertiary/aromatic N) is 1. The summed E-state index contributed by atoms with van der Waals surface area (Å²) >= 11 is 0. The summed E-state index contributed by atoms with van der Waals surface area (Å²) in [5, 5.41) is 2.80. The van der Waals surface area contributed by atoms with Crippen LogP contribution in [-0.4, -0.2) is 9.97 Å². The third kappa shape index (κ3) is 1.88. The van der Waals surface area contributed by atoms with E-state index in [1.165, 1.54) is 6.07 Å². The van der Waals surface area contributed by atoms with E-state index in [4.69, 9.17) is 0 Å². The maximum atomic E-state index is 13.5. The highest BCUT2D eigenvalue weighted by atomic mass is 19.1. The first-order chi connectivity index (χ1) is 8.74.